The second kappa shape index (κ2) is 6.62. The fourth-order valence-electron chi connectivity index (χ4n) is 1.34. The van der Waals surface area contributed by atoms with Crippen LogP contribution in [0.3, 0.4) is 0 Å². The van der Waals surface area contributed by atoms with Gasteiger partial charge in [0, 0.05) is 6.54 Å². The van der Waals surface area contributed by atoms with Crippen molar-refractivity contribution in [2.45, 2.75) is 19.8 Å². The van der Waals surface area contributed by atoms with Gasteiger partial charge in [0.05, 0.1) is 0 Å². The number of nitrogens with one attached hydrogen (secondary N) is 1. The molecule has 0 aromatic carbocycles. The van der Waals surface area contributed by atoms with Crippen molar-refractivity contribution in [1.82, 2.24) is 10.2 Å². The summed E-state index contributed by atoms with van der Waals surface area (Å²) >= 11 is 0. The molecule has 0 fully saturated rings. The van der Waals surface area contributed by atoms with Gasteiger partial charge in [-0.3, -0.25) is 0 Å². The predicted octanol–water partition coefficient (Wildman–Crippen LogP) is 1.18. The molecule has 2 nitrogen and oxygen atoms in total. The molecule has 0 radical (unpaired) electrons. The van der Waals surface area contributed by atoms with Gasteiger partial charge in [0.15, 0.2) is 0 Å². The molecule has 11 heavy (non-hydrogen) atoms. The summed E-state index contributed by atoms with van der Waals surface area (Å²) in [6.07, 6.45) is 2.63. The molecule has 1 unspecified atom stereocenters. The van der Waals surface area contributed by atoms with Crippen molar-refractivity contribution < 1.29 is 0 Å². The van der Waals surface area contributed by atoms with Crippen molar-refractivity contribution in [3.05, 3.63) is 0 Å². The summed E-state index contributed by atoms with van der Waals surface area (Å²) in [6.45, 7) is 4.68. The van der Waals surface area contributed by atoms with Crippen molar-refractivity contribution in [2.24, 2.45) is 5.92 Å². The molecule has 0 spiro atoms. The van der Waals surface area contributed by atoms with Crippen LogP contribution in [0.4, 0.5) is 0 Å². The first-order chi connectivity index (χ1) is 5.16. The SMILES string of the molecule is CNCCCC(C)CN(C)C. The third-order valence-electron chi connectivity index (χ3n) is 1.80. The zero-order chi connectivity index (χ0) is 8.69. The van der Waals surface area contributed by atoms with Crippen LogP contribution in [0.2, 0.25) is 0 Å². The van der Waals surface area contributed by atoms with Gasteiger partial charge in [-0.1, -0.05) is 6.92 Å². The molecule has 68 valence electrons. The molecule has 0 aliphatic rings. The lowest BCUT2D eigenvalue weighted by Gasteiger charge is -2.16. The maximum atomic E-state index is 3.16. The highest BCUT2D eigenvalue weighted by atomic mass is 15.1. The second-order valence-corrected chi connectivity index (χ2v) is 3.61. The highest BCUT2D eigenvalue weighted by molar-refractivity contribution is 4.56. The van der Waals surface area contributed by atoms with Crippen LogP contribution in [0.5, 0.6) is 0 Å². The van der Waals surface area contributed by atoms with Crippen LogP contribution >= 0.6 is 0 Å². The quantitative estimate of drug-likeness (QED) is 0.584. The molecule has 0 amide bonds. The molecule has 0 bridgehead atoms. The standard InChI is InChI=1S/C9H22N2/c1-9(8-11(3)4)6-5-7-10-2/h9-10H,5-8H2,1-4H3. The van der Waals surface area contributed by atoms with E-state index in [1.807, 2.05) is 7.05 Å². The molecule has 0 aliphatic carbocycles. The summed E-state index contributed by atoms with van der Waals surface area (Å²) in [7, 11) is 6.28. The van der Waals surface area contributed by atoms with Gasteiger partial charge in [-0.25, -0.2) is 0 Å². The van der Waals surface area contributed by atoms with Crippen molar-refractivity contribution in [1.29, 1.82) is 0 Å². The molecule has 2 heteroatoms. The van der Waals surface area contributed by atoms with Crippen molar-refractivity contribution >= 4 is 0 Å². The topological polar surface area (TPSA) is 15.3 Å². The van der Waals surface area contributed by atoms with Crippen LogP contribution in [0.1, 0.15) is 19.8 Å². The smallest absolute Gasteiger partial charge is 0.0000928 e. The third-order valence-corrected chi connectivity index (χ3v) is 1.80. The average molecular weight is 158 g/mol. The van der Waals surface area contributed by atoms with Crippen LogP contribution in [0, 0.1) is 5.92 Å². The number of nitrogens with zero attached hydrogens (tertiary/aromatic N) is 1. The van der Waals surface area contributed by atoms with Gasteiger partial charge < -0.3 is 10.2 Å². The first-order valence-electron chi connectivity index (χ1n) is 4.46. The van der Waals surface area contributed by atoms with Gasteiger partial charge in [-0.15, -0.1) is 0 Å². The Morgan fingerprint density at radius 1 is 1.36 bits per heavy atom. The van der Waals surface area contributed by atoms with Gasteiger partial charge >= 0.3 is 0 Å². The highest BCUT2D eigenvalue weighted by Crippen LogP contribution is 2.04. The molecule has 0 aliphatic heterocycles. The van der Waals surface area contributed by atoms with E-state index in [0.29, 0.717) is 0 Å². The van der Waals surface area contributed by atoms with Crippen LogP contribution in [0.15, 0.2) is 0 Å². The first-order valence-corrected chi connectivity index (χ1v) is 4.46. The minimum absolute atomic E-state index is 0.832. The Morgan fingerprint density at radius 2 is 2.00 bits per heavy atom. The van der Waals surface area contributed by atoms with E-state index in [1.165, 1.54) is 19.4 Å². The Balaban J connectivity index is 3.15. The second-order valence-electron chi connectivity index (χ2n) is 3.61. The summed E-state index contributed by atoms with van der Waals surface area (Å²) in [5, 5.41) is 3.16. The van der Waals surface area contributed by atoms with E-state index in [9.17, 15) is 0 Å². The molecule has 0 saturated heterocycles. The minimum atomic E-state index is 0.832. The first kappa shape index (κ1) is 10.9. The predicted molar refractivity (Wildman–Crippen MR) is 50.9 cm³/mol. The van der Waals surface area contributed by atoms with Crippen molar-refractivity contribution in [2.75, 3.05) is 34.2 Å². The molecule has 1 atom stereocenters. The maximum Gasteiger partial charge on any atom is 0.0000928 e. The Kier molecular flexibility index (Phi) is 6.57. The Morgan fingerprint density at radius 3 is 2.45 bits per heavy atom. The van der Waals surface area contributed by atoms with E-state index in [1.54, 1.807) is 0 Å². The monoisotopic (exact) mass is 158 g/mol. The fraction of sp³-hybridized carbons (Fsp3) is 1.00. The van der Waals surface area contributed by atoms with E-state index >= 15 is 0 Å². The van der Waals surface area contributed by atoms with Gasteiger partial charge in [-0.2, -0.15) is 0 Å². The minimum Gasteiger partial charge on any atom is -0.320 e. The lowest BCUT2D eigenvalue weighted by atomic mass is 10.1. The molecule has 0 rings (SSSR count). The van der Waals surface area contributed by atoms with E-state index in [-0.39, 0.29) is 0 Å². The number of rotatable bonds is 6. The van der Waals surface area contributed by atoms with E-state index in [0.717, 1.165) is 12.5 Å². The zero-order valence-corrected chi connectivity index (χ0v) is 8.35. The van der Waals surface area contributed by atoms with Gasteiger partial charge in [-0.05, 0) is 46.4 Å². The Labute approximate surface area is 71.0 Å². The summed E-state index contributed by atoms with van der Waals surface area (Å²) in [5.74, 6) is 0.832. The molecule has 0 heterocycles. The summed E-state index contributed by atoms with van der Waals surface area (Å²) in [6, 6.07) is 0. The summed E-state index contributed by atoms with van der Waals surface area (Å²) < 4.78 is 0. The van der Waals surface area contributed by atoms with Gasteiger partial charge in [0.2, 0.25) is 0 Å². The van der Waals surface area contributed by atoms with Crippen LogP contribution in [0.25, 0.3) is 0 Å². The third kappa shape index (κ3) is 7.82. The van der Waals surface area contributed by atoms with E-state index < -0.39 is 0 Å². The summed E-state index contributed by atoms with van der Waals surface area (Å²) in [4.78, 5) is 2.25. The van der Waals surface area contributed by atoms with E-state index in [4.69, 9.17) is 0 Å². The van der Waals surface area contributed by atoms with Crippen molar-refractivity contribution in [3.8, 4) is 0 Å². The molecular weight excluding hydrogens is 136 g/mol. The van der Waals surface area contributed by atoms with Crippen molar-refractivity contribution in [3.63, 3.8) is 0 Å². The normalized spacial score (nSPS) is 13.9. The van der Waals surface area contributed by atoms with Gasteiger partial charge in [0.1, 0.15) is 0 Å². The Hall–Kier alpha value is -0.0800. The van der Waals surface area contributed by atoms with Crippen LogP contribution in [-0.4, -0.2) is 39.1 Å². The molecular formula is C9H22N2. The van der Waals surface area contributed by atoms with Crippen LogP contribution < -0.4 is 5.32 Å². The van der Waals surface area contributed by atoms with E-state index in [2.05, 4.69) is 31.2 Å². The van der Waals surface area contributed by atoms with Crippen LogP contribution in [-0.2, 0) is 0 Å². The zero-order valence-electron chi connectivity index (χ0n) is 8.35. The lowest BCUT2D eigenvalue weighted by Crippen LogP contribution is -2.20. The molecule has 1 N–H and O–H groups in total. The fourth-order valence-corrected chi connectivity index (χ4v) is 1.34. The number of hydrogen-bond donors (Lipinski definition) is 1. The Bertz CT molecular complexity index is 81.6. The van der Waals surface area contributed by atoms with Gasteiger partial charge in [0.25, 0.3) is 0 Å². The average Bonchev–Trinajstić information content (AvgIpc) is 1.86. The molecule has 0 aromatic heterocycles. The summed E-state index contributed by atoms with van der Waals surface area (Å²) in [5.41, 5.74) is 0. The molecule has 0 aromatic rings. The number of hydrogen-bond acceptors (Lipinski definition) is 2. The lowest BCUT2D eigenvalue weighted by molar-refractivity contribution is 0.323. The largest absolute Gasteiger partial charge is 0.320 e. The maximum absolute atomic E-state index is 3.16. The highest BCUT2D eigenvalue weighted by Gasteiger charge is 2.01. The molecule has 0 saturated carbocycles.